The molecule has 0 aromatic carbocycles. The van der Waals surface area contributed by atoms with Gasteiger partial charge in [-0.05, 0) is 24.3 Å². The molecule has 0 spiro atoms. The van der Waals surface area contributed by atoms with Gasteiger partial charge in [-0.25, -0.2) is 0 Å². The first-order valence-corrected chi connectivity index (χ1v) is 5.05. The molecule has 3 heteroatoms. The van der Waals surface area contributed by atoms with Crippen LogP contribution in [0, 0.1) is 5.92 Å². The first kappa shape index (κ1) is 12.1. The number of hydrogen-bond donors (Lipinski definition) is 0. The second-order valence-electron chi connectivity index (χ2n) is 3.95. The number of halogens is 3. The SMILES string of the molecule is CC(C)C1=C/CC/C(C(F)(F)F)=C/C=C\1. The monoisotopic (exact) mass is 216 g/mol. The Kier molecular flexibility index (Phi) is 3.77. The van der Waals surface area contributed by atoms with Gasteiger partial charge in [-0.15, -0.1) is 0 Å². The third-order valence-electron chi connectivity index (χ3n) is 2.41. The van der Waals surface area contributed by atoms with Crippen LogP contribution in [0.3, 0.4) is 0 Å². The lowest BCUT2D eigenvalue weighted by atomic mass is 9.97. The van der Waals surface area contributed by atoms with E-state index in [1.54, 1.807) is 6.08 Å². The zero-order valence-electron chi connectivity index (χ0n) is 8.93. The van der Waals surface area contributed by atoms with Crippen molar-refractivity contribution in [3.63, 3.8) is 0 Å². The van der Waals surface area contributed by atoms with Crippen molar-refractivity contribution < 1.29 is 13.2 Å². The predicted octanol–water partition coefficient (Wildman–Crippen LogP) is 4.41. The van der Waals surface area contributed by atoms with Crippen molar-refractivity contribution in [3.8, 4) is 0 Å². The molecule has 0 aromatic rings. The Morgan fingerprint density at radius 1 is 1.27 bits per heavy atom. The molecule has 0 amide bonds. The standard InChI is InChI=1S/C12H15F3/c1-9(2)10-5-3-7-11(8-4-6-10)12(13,14)15/h3,5-7,9H,4,8H2,1-2H3/b5-3-,10-6+,11-7-. The molecule has 0 heterocycles. The highest BCUT2D eigenvalue weighted by atomic mass is 19.4. The molecule has 0 fully saturated rings. The van der Waals surface area contributed by atoms with Gasteiger partial charge in [0, 0.05) is 5.57 Å². The average molecular weight is 216 g/mol. The van der Waals surface area contributed by atoms with Crippen LogP contribution in [0.4, 0.5) is 13.2 Å². The van der Waals surface area contributed by atoms with Crippen molar-refractivity contribution in [2.24, 2.45) is 5.92 Å². The maximum absolute atomic E-state index is 12.4. The summed E-state index contributed by atoms with van der Waals surface area (Å²) in [6, 6.07) is 0. The van der Waals surface area contributed by atoms with Crippen molar-refractivity contribution in [1.82, 2.24) is 0 Å². The highest BCUT2D eigenvalue weighted by Crippen LogP contribution is 2.30. The maximum atomic E-state index is 12.4. The molecule has 1 aliphatic rings. The molecule has 0 radical (unpaired) electrons. The molecule has 1 rings (SSSR count). The van der Waals surface area contributed by atoms with Gasteiger partial charge < -0.3 is 0 Å². The number of allylic oxidation sites excluding steroid dienone is 6. The van der Waals surface area contributed by atoms with E-state index in [1.807, 2.05) is 19.9 Å². The topological polar surface area (TPSA) is 0 Å². The summed E-state index contributed by atoms with van der Waals surface area (Å²) in [6.45, 7) is 4.07. The zero-order chi connectivity index (χ0) is 11.5. The van der Waals surface area contributed by atoms with E-state index >= 15 is 0 Å². The number of hydrogen-bond acceptors (Lipinski definition) is 0. The molecule has 0 aliphatic heterocycles. The van der Waals surface area contributed by atoms with Gasteiger partial charge in [0.25, 0.3) is 0 Å². The minimum absolute atomic E-state index is 0.0735. The fourth-order valence-corrected chi connectivity index (χ4v) is 1.49. The van der Waals surface area contributed by atoms with Gasteiger partial charge in [-0.3, -0.25) is 0 Å². The zero-order valence-corrected chi connectivity index (χ0v) is 8.93. The van der Waals surface area contributed by atoms with Crippen LogP contribution in [0.15, 0.2) is 35.5 Å². The Bertz CT molecular complexity index is 303. The summed E-state index contributed by atoms with van der Waals surface area (Å²) < 4.78 is 37.2. The Labute approximate surface area is 88.2 Å². The Balaban J connectivity index is 2.83. The van der Waals surface area contributed by atoms with Crippen LogP contribution in [0.1, 0.15) is 26.7 Å². The second-order valence-corrected chi connectivity index (χ2v) is 3.95. The Morgan fingerprint density at radius 2 is 1.93 bits per heavy atom. The molecule has 0 bridgehead atoms. The van der Waals surface area contributed by atoms with E-state index in [9.17, 15) is 13.2 Å². The van der Waals surface area contributed by atoms with E-state index in [4.69, 9.17) is 0 Å². The Morgan fingerprint density at radius 3 is 2.47 bits per heavy atom. The minimum Gasteiger partial charge on any atom is -0.166 e. The van der Waals surface area contributed by atoms with E-state index in [0.29, 0.717) is 12.3 Å². The van der Waals surface area contributed by atoms with Crippen molar-refractivity contribution in [2.45, 2.75) is 32.9 Å². The molecule has 0 aromatic heterocycles. The van der Waals surface area contributed by atoms with E-state index < -0.39 is 11.7 Å². The number of rotatable bonds is 1. The van der Waals surface area contributed by atoms with E-state index in [1.165, 1.54) is 12.2 Å². The van der Waals surface area contributed by atoms with Crippen LogP contribution < -0.4 is 0 Å². The van der Waals surface area contributed by atoms with Crippen LogP contribution >= 0.6 is 0 Å². The molecule has 1 aliphatic carbocycles. The summed E-state index contributed by atoms with van der Waals surface area (Å²) in [5.74, 6) is 0.363. The summed E-state index contributed by atoms with van der Waals surface area (Å²) in [7, 11) is 0. The predicted molar refractivity (Wildman–Crippen MR) is 55.4 cm³/mol. The lowest BCUT2D eigenvalue weighted by Gasteiger charge is -2.13. The molecule has 0 nitrogen and oxygen atoms in total. The van der Waals surface area contributed by atoms with Gasteiger partial charge >= 0.3 is 6.18 Å². The third kappa shape index (κ3) is 3.57. The summed E-state index contributed by atoms with van der Waals surface area (Å²) in [5, 5.41) is 0. The van der Waals surface area contributed by atoms with Gasteiger partial charge in [0.05, 0.1) is 0 Å². The van der Waals surface area contributed by atoms with Gasteiger partial charge in [-0.1, -0.05) is 38.2 Å². The molecule has 0 atom stereocenters. The largest absolute Gasteiger partial charge is 0.412 e. The van der Waals surface area contributed by atoms with Crippen LogP contribution in [0.25, 0.3) is 0 Å². The number of alkyl halides is 3. The second kappa shape index (κ2) is 4.69. The smallest absolute Gasteiger partial charge is 0.166 e. The lowest BCUT2D eigenvalue weighted by Crippen LogP contribution is -2.12. The average Bonchev–Trinajstić information content (AvgIpc) is 1.99. The van der Waals surface area contributed by atoms with Crippen molar-refractivity contribution in [2.75, 3.05) is 0 Å². The molecular weight excluding hydrogens is 201 g/mol. The van der Waals surface area contributed by atoms with Crippen LogP contribution in [0.2, 0.25) is 0 Å². The fourth-order valence-electron chi connectivity index (χ4n) is 1.49. The van der Waals surface area contributed by atoms with Crippen molar-refractivity contribution >= 4 is 0 Å². The third-order valence-corrected chi connectivity index (χ3v) is 2.41. The summed E-state index contributed by atoms with van der Waals surface area (Å²) in [5.41, 5.74) is 0.658. The first-order chi connectivity index (χ1) is 6.91. The van der Waals surface area contributed by atoms with Gasteiger partial charge in [0.15, 0.2) is 0 Å². The van der Waals surface area contributed by atoms with Gasteiger partial charge in [0.1, 0.15) is 0 Å². The molecule has 0 unspecified atom stereocenters. The molecule has 0 N–H and O–H groups in total. The normalized spacial score (nSPS) is 27.3. The van der Waals surface area contributed by atoms with Gasteiger partial charge in [0.2, 0.25) is 0 Å². The molecular formula is C12H15F3. The fraction of sp³-hybridized carbons (Fsp3) is 0.500. The summed E-state index contributed by atoms with van der Waals surface area (Å²) in [4.78, 5) is 0. The highest BCUT2D eigenvalue weighted by Gasteiger charge is 2.32. The Hall–Kier alpha value is -0.990. The van der Waals surface area contributed by atoms with Crippen molar-refractivity contribution in [1.29, 1.82) is 0 Å². The van der Waals surface area contributed by atoms with Crippen LogP contribution in [-0.2, 0) is 0 Å². The molecule has 84 valence electrons. The van der Waals surface area contributed by atoms with Crippen LogP contribution in [0.5, 0.6) is 0 Å². The highest BCUT2D eigenvalue weighted by molar-refractivity contribution is 5.29. The van der Waals surface area contributed by atoms with E-state index in [2.05, 4.69) is 0 Å². The summed E-state index contributed by atoms with van der Waals surface area (Å²) in [6.07, 6.45) is 2.67. The lowest BCUT2D eigenvalue weighted by molar-refractivity contribution is -0.0938. The van der Waals surface area contributed by atoms with E-state index in [0.717, 1.165) is 5.57 Å². The molecule has 15 heavy (non-hydrogen) atoms. The molecule has 0 saturated carbocycles. The summed E-state index contributed by atoms with van der Waals surface area (Å²) >= 11 is 0. The first-order valence-electron chi connectivity index (χ1n) is 5.05. The van der Waals surface area contributed by atoms with Gasteiger partial charge in [-0.2, -0.15) is 13.2 Å². The van der Waals surface area contributed by atoms with E-state index in [-0.39, 0.29) is 6.42 Å². The van der Waals surface area contributed by atoms with Crippen LogP contribution in [-0.4, -0.2) is 6.18 Å². The van der Waals surface area contributed by atoms with Crippen molar-refractivity contribution in [3.05, 3.63) is 35.5 Å². The molecule has 0 saturated heterocycles. The maximum Gasteiger partial charge on any atom is 0.412 e. The minimum atomic E-state index is -4.19. The quantitative estimate of drug-likeness (QED) is 0.609.